The van der Waals surface area contributed by atoms with Crippen LogP contribution in [0.15, 0.2) is 18.2 Å². The van der Waals surface area contributed by atoms with Gasteiger partial charge in [0.2, 0.25) is 5.91 Å². The molecule has 1 fully saturated rings. The van der Waals surface area contributed by atoms with E-state index in [-0.39, 0.29) is 24.3 Å². The summed E-state index contributed by atoms with van der Waals surface area (Å²) in [4.78, 5) is 27.2. The third-order valence-corrected chi connectivity index (χ3v) is 4.75. The van der Waals surface area contributed by atoms with Crippen LogP contribution in [0.2, 0.25) is 0 Å². The van der Waals surface area contributed by atoms with Crippen LogP contribution in [0.1, 0.15) is 54.6 Å². The highest BCUT2D eigenvalue weighted by atomic mass is 16.3. The molecule has 1 atom stereocenters. The lowest BCUT2D eigenvalue weighted by atomic mass is 9.93. The van der Waals surface area contributed by atoms with Crippen LogP contribution < -0.4 is 5.32 Å². The molecule has 0 radical (unpaired) electrons. The van der Waals surface area contributed by atoms with Crippen LogP contribution in [0.4, 0.5) is 0 Å². The maximum absolute atomic E-state index is 12.8. The highest BCUT2D eigenvalue weighted by Gasteiger charge is 2.31. The van der Waals surface area contributed by atoms with Gasteiger partial charge in [0.05, 0.1) is 5.92 Å². The van der Waals surface area contributed by atoms with Gasteiger partial charge in [0, 0.05) is 30.8 Å². The van der Waals surface area contributed by atoms with Crippen LogP contribution in [-0.4, -0.2) is 47.1 Å². The first-order chi connectivity index (χ1) is 11.7. The van der Waals surface area contributed by atoms with Crippen molar-refractivity contribution in [2.45, 2.75) is 52.5 Å². The van der Waals surface area contributed by atoms with Crippen molar-refractivity contribution in [3.05, 3.63) is 34.9 Å². The maximum atomic E-state index is 12.8. The van der Waals surface area contributed by atoms with Gasteiger partial charge in [-0.1, -0.05) is 17.2 Å². The van der Waals surface area contributed by atoms with Crippen LogP contribution in [0.3, 0.4) is 0 Å². The SMILES string of the molecule is Cc1cc(C)cc(C(=O)N2CCCC(C(=O)NC(C)(C)CCO)C2)c1. The largest absolute Gasteiger partial charge is 0.396 e. The van der Waals surface area contributed by atoms with Crippen molar-refractivity contribution in [1.82, 2.24) is 10.2 Å². The van der Waals surface area contributed by atoms with Gasteiger partial charge in [-0.25, -0.2) is 0 Å². The molecule has 0 aliphatic carbocycles. The standard InChI is InChI=1S/C20H30N2O3/c1-14-10-15(2)12-17(11-14)19(25)22-8-5-6-16(13-22)18(24)21-20(3,4)7-9-23/h10-12,16,23H,5-9,13H2,1-4H3,(H,21,24). The van der Waals surface area contributed by atoms with Crippen molar-refractivity contribution < 1.29 is 14.7 Å². The summed E-state index contributed by atoms with van der Waals surface area (Å²) < 4.78 is 0. The molecular weight excluding hydrogens is 316 g/mol. The van der Waals surface area contributed by atoms with Crippen molar-refractivity contribution in [1.29, 1.82) is 0 Å². The lowest BCUT2D eigenvalue weighted by Gasteiger charge is -2.34. The van der Waals surface area contributed by atoms with E-state index in [0.717, 1.165) is 24.0 Å². The third kappa shape index (κ3) is 5.30. The number of aryl methyl sites for hydroxylation is 2. The lowest BCUT2D eigenvalue weighted by molar-refractivity contribution is -0.128. The topological polar surface area (TPSA) is 69.6 Å². The molecule has 2 amide bonds. The Kier molecular flexibility index (Phi) is 6.22. The maximum Gasteiger partial charge on any atom is 0.253 e. The first-order valence-electron chi connectivity index (χ1n) is 9.02. The molecule has 2 N–H and O–H groups in total. The van der Waals surface area contributed by atoms with Gasteiger partial charge in [-0.2, -0.15) is 0 Å². The van der Waals surface area contributed by atoms with Gasteiger partial charge in [-0.15, -0.1) is 0 Å². The van der Waals surface area contributed by atoms with Gasteiger partial charge in [-0.05, 0) is 59.1 Å². The average Bonchev–Trinajstić information content (AvgIpc) is 2.52. The van der Waals surface area contributed by atoms with E-state index < -0.39 is 5.54 Å². The van der Waals surface area contributed by atoms with Gasteiger partial charge in [0.25, 0.3) is 5.91 Å². The number of hydrogen-bond acceptors (Lipinski definition) is 3. The van der Waals surface area contributed by atoms with Crippen molar-refractivity contribution in [3.63, 3.8) is 0 Å². The van der Waals surface area contributed by atoms with Crippen LogP contribution in [0.5, 0.6) is 0 Å². The van der Waals surface area contributed by atoms with Crippen LogP contribution >= 0.6 is 0 Å². The Balaban J connectivity index is 2.04. The van der Waals surface area contributed by atoms with E-state index in [9.17, 15) is 9.59 Å². The number of benzene rings is 1. The Labute approximate surface area is 150 Å². The van der Waals surface area contributed by atoms with Crippen molar-refractivity contribution in [2.75, 3.05) is 19.7 Å². The van der Waals surface area contributed by atoms with E-state index in [4.69, 9.17) is 5.11 Å². The fraction of sp³-hybridized carbons (Fsp3) is 0.600. The molecule has 1 aromatic carbocycles. The fourth-order valence-electron chi connectivity index (χ4n) is 3.43. The zero-order valence-electron chi connectivity index (χ0n) is 15.8. The minimum absolute atomic E-state index is 0.00100. The Hall–Kier alpha value is -1.88. The van der Waals surface area contributed by atoms with Gasteiger partial charge in [-0.3, -0.25) is 9.59 Å². The number of aliphatic hydroxyl groups is 1. The number of rotatable bonds is 5. The summed E-state index contributed by atoms with van der Waals surface area (Å²) >= 11 is 0. The molecule has 0 saturated carbocycles. The van der Waals surface area contributed by atoms with Gasteiger partial charge in [0.15, 0.2) is 0 Å². The molecule has 0 aromatic heterocycles. The van der Waals surface area contributed by atoms with E-state index >= 15 is 0 Å². The molecule has 2 rings (SSSR count). The van der Waals surface area contributed by atoms with Crippen molar-refractivity contribution in [2.24, 2.45) is 5.92 Å². The first kappa shape index (κ1) is 19.4. The number of carbonyl (C=O) groups is 2. The fourth-order valence-corrected chi connectivity index (χ4v) is 3.43. The lowest BCUT2D eigenvalue weighted by Crippen LogP contribution is -2.51. The van der Waals surface area contributed by atoms with Gasteiger partial charge < -0.3 is 15.3 Å². The Bertz CT molecular complexity index is 620. The molecule has 1 aliphatic rings. The second-order valence-electron chi connectivity index (χ2n) is 7.81. The normalized spacial score (nSPS) is 18.1. The quantitative estimate of drug-likeness (QED) is 0.860. The summed E-state index contributed by atoms with van der Waals surface area (Å²) in [6.07, 6.45) is 2.13. The second kappa shape index (κ2) is 8.00. The van der Waals surface area contributed by atoms with Crippen LogP contribution in [0, 0.1) is 19.8 Å². The van der Waals surface area contributed by atoms with E-state index in [1.165, 1.54) is 0 Å². The van der Waals surface area contributed by atoms with Crippen molar-refractivity contribution >= 4 is 11.8 Å². The smallest absolute Gasteiger partial charge is 0.253 e. The molecule has 1 aromatic rings. The third-order valence-electron chi connectivity index (χ3n) is 4.75. The number of hydrogen-bond donors (Lipinski definition) is 2. The number of piperidine rings is 1. The Morgan fingerprint density at radius 2 is 1.88 bits per heavy atom. The van der Waals surface area contributed by atoms with E-state index in [1.807, 2.05) is 45.9 Å². The van der Waals surface area contributed by atoms with Crippen LogP contribution in [-0.2, 0) is 4.79 Å². The predicted octanol–water partition coefficient (Wildman–Crippen LogP) is 2.43. The van der Waals surface area contributed by atoms with E-state index in [1.54, 1.807) is 4.90 Å². The Morgan fingerprint density at radius 3 is 2.48 bits per heavy atom. The number of likely N-dealkylation sites (tertiary alicyclic amines) is 1. The molecular formula is C20H30N2O3. The summed E-state index contributed by atoms with van der Waals surface area (Å²) in [6.45, 7) is 8.96. The number of aliphatic hydroxyl groups excluding tert-OH is 1. The molecule has 1 heterocycles. The summed E-state index contributed by atoms with van der Waals surface area (Å²) in [7, 11) is 0. The molecule has 5 nitrogen and oxygen atoms in total. The highest BCUT2D eigenvalue weighted by molar-refractivity contribution is 5.95. The zero-order chi connectivity index (χ0) is 18.6. The van der Waals surface area contributed by atoms with E-state index in [0.29, 0.717) is 25.1 Å². The molecule has 138 valence electrons. The number of carbonyl (C=O) groups excluding carboxylic acids is 2. The minimum atomic E-state index is -0.439. The molecule has 5 heteroatoms. The summed E-state index contributed by atoms with van der Waals surface area (Å²) in [5.74, 6) is -0.225. The molecule has 1 saturated heterocycles. The molecule has 0 spiro atoms. The first-order valence-corrected chi connectivity index (χ1v) is 9.02. The van der Waals surface area contributed by atoms with Crippen molar-refractivity contribution in [3.8, 4) is 0 Å². The highest BCUT2D eigenvalue weighted by Crippen LogP contribution is 2.21. The average molecular weight is 346 g/mol. The van der Waals surface area contributed by atoms with Gasteiger partial charge in [0.1, 0.15) is 0 Å². The minimum Gasteiger partial charge on any atom is -0.396 e. The van der Waals surface area contributed by atoms with Gasteiger partial charge >= 0.3 is 0 Å². The monoisotopic (exact) mass is 346 g/mol. The molecule has 25 heavy (non-hydrogen) atoms. The zero-order valence-corrected chi connectivity index (χ0v) is 15.8. The van der Waals surface area contributed by atoms with Crippen LogP contribution in [0.25, 0.3) is 0 Å². The summed E-state index contributed by atoms with van der Waals surface area (Å²) in [5, 5.41) is 12.1. The summed E-state index contributed by atoms with van der Waals surface area (Å²) in [5.41, 5.74) is 2.39. The molecule has 1 unspecified atom stereocenters. The molecule has 0 bridgehead atoms. The second-order valence-corrected chi connectivity index (χ2v) is 7.81. The van der Waals surface area contributed by atoms with E-state index in [2.05, 4.69) is 5.32 Å². The Morgan fingerprint density at radius 1 is 1.24 bits per heavy atom. The predicted molar refractivity (Wildman–Crippen MR) is 98.5 cm³/mol. The number of nitrogens with one attached hydrogen (secondary N) is 1. The molecule has 1 aliphatic heterocycles. The number of amides is 2. The summed E-state index contributed by atoms with van der Waals surface area (Å²) in [6, 6.07) is 5.86. The number of nitrogens with zero attached hydrogens (tertiary/aromatic N) is 1.